The van der Waals surface area contributed by atoms with E-state index in [9.17, 15) is 0 Å². The van der Waals surface area contributed by atoms with Gasteiger partial charge in [-0.3, -0.25) is 0 Å². The first kappa shape index (κ1) is 10.7. The summed E-state index contributed by atoms with van der Waals surface area (Å²) < 4.78 is -1.60. The Morgan fingerprint density at radius 3 is 2.36 bits per heavy atom. The smallest absolute Gasteiger partial charge is 0.233 e. The van der Waals surface area contributed by atoms with Crippen LogP contribution in [0.15, 0.2) is 6.07 Å². The molecule has 0 N–H and O–H groups in total. The highest BCUT2D eigenvalue weighted by atomic mass is 35.6. The van der Waals surface area contributed by atoms with Gasteiger partial charge in [0.2, 0.25) is 3.79 Å². The number of hydrogen-bond acceptors (Lipinski definition) is 2. The summed E-state index contributed by atoms with van der Waals surface area (Å²) in [5, 5.41) is 0.322. The van der Waals surface area contributed by atoms with Crippen molar-refractivity contribution in [1.82, 2.24) is 9.97 Å². The minimum Gasteiger partial charge on any atom is -0.233 e. The Hall–Kier alpha value is 0.240. The summed E-state index contributed by atoms with van der Waals surface area (Å²) in [4.78, 5) is 8.05. The highest BCUT2D eigenvalue weighted by Gasteiger charge is 2.31. The van der Waals surface area contributed by atoms with Crippen LogP contribution in [-0.2, 0) is 3.79 Å². The zero-order chi connectivity index (χ0) is 10.3. The molecule has 1 saturated carbocycles. The van der Waals surface area contributed by atoms with Gasteiger partial charge in [0.15, 0.2) is 5.82 Å². The topological polar surface area (TPSA) is 25.8 Å². The van der Waals surface area contributed by atoms with Crippen molar-refractivity contribution in [2.24, 2.45) is 0 Å². The Bertz CT molecular complexity index is 357. The predicted octanol–water partition coefficient (Wildman–Crippen LogP) is 3.83. The number of aromatic nitrogens is 2. The standard InChI is InChI=1S/C8H6Cl4N2/c9-6-3-5(4-1-2-4)13-7(14-6)8(10,11)12/h3-4H,1-2H2. The van der Waals surface area contributed by atoms with Crippen molar-refractivity contribution in [3.63, 3.8) is 0 Å². The molecule has 0 unspecified atom stereocenters. The van der Waals surface area contributed by atoms with Crippen LogP contribution in [0.2, 0.25) is 5.15 Å². The normalized spacial score (nSPS) is 17.1. The van der Waals surface area contributed by atoms with E-state index < -0.39 is 3.79 Å². The lowest BCUT2D eigenvalue weighted by Crippen LogP contribution is -2.08. The molecule has 1 heterocycles. The molecule has 1 aromatic rings. The van der Waals surface area contributed by atoms with Crippen molar-refractivity contribution in [3.8, 4) is 0 Å². The molecule has 2 nitrogen and oxygen atoms in total. The molecule has 2 rings (SSSR count). The highest BCUT2D eigenvalue weighted by molar-refractivity contribution is 6.66. The van der Waals surface area contributed by atoms with Crippen LogP contribution in [0.25, 0.3) is 0 Å². The van der Waals surface area contributed by atoms with Crippen LogP contribution in [0.1, 0.15) is 30.3 Å². The molecule has 0 saturated heterocycles. The Balaban J connectivity index is 2.41. The van der Waals surface area contributed by atoms with E-state index in [4.69, 9.17) is 46.4 Å². The fourth-order valence-corrected chi connectivity index (χ4v) is 1.60. The predicted molar refractivity (Wildman–Crippen MR) is 58.3 cm³/mol. The molecule has 1 fully saturated rings. The summed E-state index contributed by atoms with van der Waals surface area (Å²) in [7, 11) is 0. The van der Waals surface area contributed by atoms with Gasteiger partial charge in [-0.15, -0.1) is 0 Å². The third-order valence-electron chi connectivity index (χ3n) is 1.96. The van der Waals surface area contributed by atoms with Gasteiger partial charge in [-0.05, 0) is 18.9 Å². The Morgan fingerprint density at radius 2 is 1.86 bits per heavy atom. The quantitative estimate of drug-likeness (QED) is 0.573. The van der Waals surface area contributed by atoms with Crippen molar-refractivity contribution in [2.75, 3.05) is 0 Å². The molecule has 0 aromatic carbocycles. The van der Waals surface area contributed by atoms with E-state index >= 15 is 0 Å². The average Bonchev–Trinajstić information content (AvgIpc) is 2.83. The van der Waals surface area contributed by atoms with Gasteiger partial charge in [0.05, 0.1) is 0 Å². The van der Waals surface area contributed by atoms with Gasteiger partial charge >= 0.3 is 0 Å². The van der Waals surface area contributed by atoms with Crippen LogP contribution in [0.5, 0.6) is 0 Å². The summed E-state index contributed by atoms with van der Waals surface area (Å²) >= 11 is 22.8. The van der Waals surface area contributed by atoms with E-state index in [2.05, 4.69) is 9.97 Å². The maximum absolute atomic E-state index is 5.80. The van der Waals surface area contributed by atoms with E-state index in [0.717, 1.165) is 18.5 Å². The Labute approximate surface area is 102 Å². The third kappa shape index (κ3) is 2.43. The summed E-state index contributed by atoms with van der Waals surface area (Å²) in [6.45, 7) is 0. The van der Waals surface area contributed by atoms with Gasteiger partial charge in [-0.1, -0.05) is 46.4 Å². The average molecular weight is 272 g/mol. The lowest BCUT2D eigenvalue weighted by Gasteiger charge is -2.10. The summed E-state index contributed by atoms with van der Waals surface area (Å²) in [6, 6.07) is 1.72. The van der Waals surface area contributed by atoms with Gasteiger partial charge in [-0.25, -0.2) is 9.97 Å². The lowest BCUT2D eigenvalue weighted by atomic mass is 10.3. The van der Waals surface area contributed by atoms with E-state index in [-0.39, 0.29) is 5.82 Å². The number of nitrogens with zero attached hydrogens (tertiary/aromatic N) is 2. The largest absolute Gasteiger partial charge is 0.250 e. The molecular weight excluding hydrogens is 266 g/mol. The zero-order valence-electron chi connectivity index (χ0n) is 6.98. The van der Waals surface area contributed by atoms with Gasteiger partial charge in [0, 0.05) is 11.6 Å². The SMILES string of the molecule is Clc1cc(C2CC2)nc(C(Cl)(Cl)Cl)n1. The minimum atomic E-state index is -1.60. The number of halogens is 4. The van der Waals surface area contributed by atoms with Crippen LogP contribution in [-0.4, -0.2) is 9.97 Å². The molecule has 1 aromatic heterocycles. The number of alkyl halides is 3. The molecule has 0 aliphatic heterocycles. The Kier molecular flexibility index (Phi) is 2.82. The minimum absolute atomic E-state index is 0.150. The maximum Gasteiger partial charge on any atom is 0.250 e. The van der Waals surface area contributed by atoms with Crippen molar-refractivity contribution < 1.29 is 0 Å². The maximum atomic E-state index is 5.80. The molecule has 0 atom stereocenters. The molecule has 0 radical (unpaired) electrons. The van der Waals surface area contributed by atoms with Crippen LogP contribution < -0.4 is 0 Å². The van der Waals surface area contributed by atoms with Gasteiger partial charge in [0.25, 0.3) is 0 Å². The second-order valence-corrected chi connectivity index (χ2v) is 5.88. The molecular formula is C8H6Cl4N2. The second kappa shape index (κ2) is 3.67. The second-order valence-electron chi connectivity index (χ2n) is 3.21. The van der Waals surface area contributed by atoms with Gasteiger partial charge in [0.1, 0.15) is 5.15 Å². The van der Waals surface area contributed by atoms with Crippen LogP contribution in [0.4, 0.5) is 0 Å². The zero-order valence-corrected chi connectivity index (χ0v) is 10.00. The first-order valence-corrected chi connectivity index (χ1v) is 5.59. The fourth-order valence-electron chi connectivity index (χ4n) is 1.15. The van der Waals surface area contributed by atoms with Crippen molar-refractivity contribution in [3.05, 3.63) is 22.7 Å². The monoisotopic (exact) mass is 270 g/mol. The summed E-state index contributed by atoms with van der Waals surface area (Å²) in [5.74, 6) is 0.610. The molecule has 0 amide bonds. The van der Waals surface area contributed by atoms with E-state index in [1.54, 1.807) is 6.07 Å². The first-order valence-electron chi connectivity index (χ1n) is 4.08. The van der Waals surface area contributed by atoms with E-state index in [0.29, 0.717) is 11.1 Å². The van der Waals surface area contributed by atoms with Crippen LogP contribution >= 0.6 is 46.4 Å². The number of hydrogen-bond donors (Lipinski definition) is 0. The number of rotatable bonds is 1. The molecule has 76 valence electrons. The molecule has 0 spiro atoms. The van der Waals surface area contributed by atoms with Crippen molar-refractivity contribution in [2.45, 2.75) is 22.6 Å². The third-order valence-corrected chi connectivity index (χ3v) is 2.66. The fraction of sp³-hybridized carbons (Fsp3) is 0.500. The highest BCUT2D eigenvalue weighted by Crippen LogP contribution is 2.42. The van der Waals surface area contributed by atoms with Crippen molar-refractivity contribution in [1.29, 1.82) is 0 Å². The molecule has 14 heavy (non-hydrogen) atoms. The molecule has 6 heteroatoms. The van der Waals surface area contributed by atoms with Gasteiger partial charge in [-0.2, -0.15) is 0 Å². The van der Waals surface area contributed by atoms with Crippen LogP contribution in [0.3, 0.4) is 0 Å². The van der Waals surface area contributed by atoms with E-state index in [1.165, 1.54) is 0 Å². The molecule has 1 aliphatic carbocycles. The van der Waals surface area contributed by atoms with Crippen molar-refractivity contribution >= 4 is 46.4 Å². The summed E-state index contributed by atoms with van der Waals surface area (Å²) in [6.07, 6.45) is 2.24. The Morgan fingerprint density at radius 1 is 1.21 bits per heavy atom. The summed E-state index contributed by atoms with van der Waals surface area (Å²) in [5.41, 5.74) is 0.867. The van der Waals surface area contributed by atoms with Gasteiger partial charge < -0.3 is 0 Å². The first-order chi connectivity index (χ1) is 6.47. The molecule has 0 bridgehead atoms. The van der Waals surface area contributed by atoms with E-state index in [1.807, 2.05) is 0 Å². The lowest BCUT2D eigenvalue weighted by molar-refractivity contribution is 0.898. The van der Waals surface area contributed by atoms with Crippen LogP contribution in [0, 0.1) is 0 Å². The molecule has 1 aliphatic rings.